The van der Waals surface area contributed by atoms with Crippen LogP contribution in [0.1, 0.15) is 5.56 Å². The monoisotopic (exact) mass is 235 g/mol. The van der Waals surface area contributed by atoms with E-state index in [0.29, 0.717) is 11.6 Å². The molecule has 2 N–H and O–H groups in total. The summed E-state index contributed by atoms with van der Waals surface area (Å²) < 4.78 is 1.03. The van der Waals surface area contributed by atoms with Crippen molar-refractivity contribution in [2.24, 2.45) is 0 Å². The standard InChI is InChI=1S/C11H13N3OS/c1-14(2)10(15)6-7-3-4-8-9(5-7)16-11(12)13-8/h3-5H,6H2,1-2H3,(H2,12,13). The number of carbonyl (C=O) groups is 1. The van der Waals surface area contributed by atoms with E-state index in [1.165, 1.54) is 11.3 Å². The second-order valence-electron chi connectivity index (χ2n) is 3.82. The van der Waals surface area contributed by atoms with Crippen LogP contribution in [-0.2, 0) is 11.2 Å². The second-order valence-corrected chi connectivity index (χ2v) is 4.88. The van der Waals surface area contributed by atoms with E-state index in [-0.39, 0.29) is 5.91 Å². The van der Waals surface area contributed by atoms with E-state index in [1.54, 1.807) is 19.0 Å². The molecular formula is C11H13N3OS. The number of carbonyl (C=O) groups excluding carboxylic acids is 1. The predicted octanol–water partition coefficient (Wildman–Crippen LogP) is 1.51. The topological polar surface area (TPSA) is 59.2 Å². The molecule has 0 aliphatic carbocycles. The summed E-state index contributed by atoms with van der Waals surface area (Å²) in [6.45, 7) is 0. The normalized spacial score (nSPS) is 10.6. The van der Waals surface area contributed by atoms with Crippen LogP contribution in [-0.4, -0.2) is 29.9 Å². The smallest absolute Gasteiger partial charge is 0.226 e. The third kappa shape index (κ3) is 2.14. The Morgan fingerprint density at radius 3 is 2.94 bits per heavy atom. The summed E-state index contributed by atoms with van der Waals surface area (Å²) in [6.07, 6.45) is 0.417. The molecule has 4 nitrogen and oxygen atoms in total. The summed E-state index contributed by atoms with van der Waals surface area (Å²) >= 11 is 1.44. The molecule has 84 valence electrons. The molecule has 1 amide bonds. The number of hydrogen-bond donors (Lipinski definition) is 1. The van der Waals surface area contributed by atoms with Gasteiger partial charge in [0.25, 0.3) is 0 Å². The molecule has 1 heterocycles. The number of amides is 1. The van der Waals surface area contributed by atoms with E-state index in [1.807, 2.05) is 18.2 Å². The number of nitrogens with two attached hydrogens (primary N) is 1. The van der Waals surface area contributed by atoms with Crippen LogP contribution in [0.15, 0.2) is 18.2 Å². The zero-order valence-corrected chi connectivity index (χ0v) is 10.0. The Morgan fingerprint density at radius 1 is 1.50 bits per heavy atom. The van der Waals surface area contributed by atoms with E-state index < -0.39 is 0 Å². The average molecular weight is 235 g/mol. The summed E-state index contributed by atoms with van der Waals surface area (Å²) in [4.78, 5) is 17.3. The summed E-state index contributed by atoms with van der Waals surface area (Å²) in [6, 6.07) is 5.80. The molecule has 0 spiro atoms. The Labute approximate surface area is 97.7 Å². The number of anilines is 1. The van der Waals surface area contributed by atoms with E-state index in [2.05, 4.69) is 4.98 Å². The fourth-order valence-corrected chi connectivity index (χ4v) is 2.23. The lowest BCUT2D eigenvalue weighted by Crippen LogP contribution is -2.23. The first kappa shape index (κ1) is 10.9. The number of thiazole rings is 1. The van der Waals surface area contributed by atoms with Gasteiger partial charge in [0.1, 0.15) is 0 Å². The maximum absolute atomic E-state index is 11.5. The van der Waals surface area contributed by atoms with Crippen LogP contribution in [0.4, 0.5) is 5.13 Å². The van der Waals surface area contributed by atoms with Crippen LogP contribution >= 0.6 is 11.3 Å². The lowest BCUT2D eigenvalue weighted by Gasteiger charge is -2.09. The maximum atomic E-state index is 11.5. The van der Waals surface area contributed by atoms with Gasteiger partial charge in [-0.2, -0.15) is 0 Å². The van der Waals surface area contributed by atoms with E-state index in [0.717, 1.165) is 15.8 Å². The highest BCUT2D eigenvalue weighted by Crippen LogP contribution is 2.24. The Balaban J connectivity index is 2.29. The van der Waals surface area contributed by atoms with Crippen LogP contribution in [0.5, 0.6) is 0 Å². The van der Waals surface area contributed by atoms with E-state index in [4.69, 9.17) is 5.73 Å². The van der Waals surface area contributed by atoms with Gasteiger partial charge in [0, 0.05) is 14.1 Å². The number of aromatic nitrogens is 1. The van der Waals surface area contributed by atoms with Crippen molar-refractivity contribution in [3.8, 4) is 0 Å². The first-order valence-electron chi connectivity index (χ1n) is 4.91. The van der Waals surface area contributed by atoms with Gasteiger partial charge in [-0.1, -0.05) is 17.4 Å². The predicted molar refractivity (Wildman–Crippen MR) is 66.4 cm³/mol. The van der Waals surface area contributed by atoms with Crippen LogP contribution in [0.3, 0.4) is 0 Å². The van der Waals surface area contributed by atoms with Crippen molar-refractivity contribution in [3.05, 3.63) is 23.8 Å². The van der Waals surface area contributed by atoms with Gasteiger partial charge in [-0.15, -0.1) is 0 Å². The fraction of sp³-hybridized carbons (Fsp3) is 0.273. The molecule has 1 aromatic heterocycles. The van der Waals surface area contributed by atoms with Crippen LogP contribution in [0.2, 0.25) is 0 Å². The summed E-state index contributed by atoms with van der Waals surface area (Å²) in [5.41, 5.74) is 7.51. The van der Waals surface area contributed by atoms with Gasteiger partial charge < -0.3 is 10.6 Å². The molecule has 16 heavy (non-hydrogen) atoms. The number of benzene rings is 1. The molecule has 0 aliphatic rings. The van der Waals surface area contributed by atoms with Gasteiger partial charge in [-0.3, -0.25) is 4.79 Å². The molecule has 0 atom stereocenters. The van der Waals surface area contributed by atoms with Crippen molar-refractivity contribution < 1.29 is 4.79 Å². The highest BCUT2D eigenvalue weighted by atomic mass is 32.1. The lowest BCUT2D eigenvalue weighted by atomic mass is 10.1. The van der Waals surface area contributed by atoms with Crippen molar-refractivity contribution in [3.63, 3.8) is 0 Å². The number of nitrogens with zero attached hydrogens (tertiary/aromatic N) is 2. The third-order valence-corrected chi connectivity index (χ3v) is 3.17. The summed E-state index contributed by atoms with van der Waals surface area (Å²) in [7, 11) is 3.51. The molecule has 2 aromatic rings. The summed E-state index contributed by atoms with van der Waals surface area (Å²) in [5.74, 6) is 0.0943. The van der Waals surface area contributed by atoms with Crippen molar-refractivity contribution in [2.75, 3.05) is 19.8 Å². The van der Waals surface area contributed by atoms with Crippen LogP contribution in [0.25, 0.3) is 10.2 Å². The van der Waals surface area contributed by atoms with Crippen molar-refractivity contribution in [2.45, 2.75) is 6.42 Å². The number of hydrogen-bond acceptors (Lipinski definition) is 4. The molecule has 0 unspecified atom stereocenters. The maximum Gasteiger partial charge on any atom is 0.226 e. The Kier molecular flexibility index (Phi) is 2.78. The van der Waals surface area contributed by atoms with E-state index >= 15 is 0 Å². The lowest BCUT2D eigenvalue weighted by molar-refractivity contribution is -0.127. The molecule has 0 bridgehead atoms. The molecule has 0 aliphatic heterocycles. The highest BCUT2D eigenvalue weighted by Gasteiger charge is 2.07. The zero-order chi connectivity index (χ0) is 11.7. The number of rotatable bonds is 2. The van der Waals surface area contributed by atoms with Crippen molar-refractivity contribution >= 4 is 32.6 Å². The average Bonchev–Trinajstić information content (AvgIpc) is 2.57. The Bertz CT molecular complexity index is 533. The minimum Gasteiger partial charge on any atom is -0.375 e. The minimum atomic E-state index is 0.0943. The molecule has 0 fully saturated rings. The molecule has 0 saturated heterocycles. The van der Waals surface area contributed by atoms with E-state index in [9.17, 15) is 4.79 Å². The van der Waals surface area contributed by atoms with Gasteiger partial charge in [0.15, 0.2) is 5.13 Å². The first-order chi connectivity index (χ1) is 7.56. The Hall–Kier alpha value is -1.62. The number of likely N-dealkylation sites (N-methyl/N-ethyl adjacent to an activating group) is 1. The van der Waals surface area contributed by atoms with Gasteiger partial charge >= 0.3 is 0 Å². The SMILES string of the molecule is CN(C)C(=O)Cc1ccc2nc(N)sc2c1. The van der Waals surface area contributed by atoms with Gasteiger partial charge in [-0.05, 0) is 17.7 Å². The van der Waals surface area contributed by atoms with Gasteiger partial charge in [-0.25, -0.2) is 4.98 Å². The van der Waals surface area contributed by atoms with Crippen molar-refractivity contribution in [1.82, 2.24) is 9.88 Å². The molecule has 2 rings (SSSR count). The van der Waals surface area contributed by atoms with Gasteiger partial charge in [0.05, 0.1) is 16.6 Å². The summed E-state index contributed by atoms with van der Waals surface area (Å²) in [5, 5.41) is 0.561. The van der Waals surface area contributed by atoms with Crippen molar-refractivity contribution in [1.29, 1.82) is 0 Å². The Morgan fingerprint density at radius 2 is 2.25 bits per heavy atom. The second kappa shape index (κ2) is 4.09. The van der Waals surface area contributed by atoms with Crippen LogP contribution < -0.4 is 5.73 Å². The van der Waals surface area contributed by atoms with Crippen LogP contribution in [0, 0.1) is 0 Å². The number of fused-ring (bicyclic) bond motifs is 1. The largest absolute Gasteiger partial charge is 0.375 e. The quantitative estimate of drug-likeness (QED) is 0.858. The number of nitrogen functional groups attached to an aromatic ring is 1. The molecule has 5 heteroatoms. The third-order valence-electron chi connectivity index (χ3n) is 2.32. The molecular weight excluding hydrogens is 222 g/mol. The van der Waals surface area contributed by atoms with Gasteiger partial charge in [0.2, 0.25) is 5.91 Å². The highest BCUT2D eigenvalue weighted by molar-refractivity contribution is 7.22. The fourth-order valence-electron chi connectivity index (χ4n) is 1.43. The molecule has 0 saturated carbocycles. The first-order valence-corrected chi connectivity index (χ1v) is 5.73. The molecule has 1 aromatic carbocycles. The minimum absolute atomic E-state index is 0.0943. The zero-order valence-electron chi connectivity index (χ0n) is 9.23. The molecule has 0 radical (unpaired) electrons.